The van der Waals surface area contributed by atoms with E-state index in [0.29, 0.717) is 6.54 Å². The van der Waals surface area contributed by atoms with E-state index in [2.05, 4.69) is 16.3 Å². The van der Waals surface area contributed by atoms with Gasteiger partial charge in [0.1, 0.15) is 0 Å². The van der Waals surface area contributed by atoms with Crippen molar-refractivity contribution in [1.82, 2.24) is 9.80 Å². The fraction of sp³-hybridized carbons (Fsp3) is 0.450. The highest BCUT2D eigenvalue weighted by atomic mass is 32.1. The van der Waals surface area contributed by atoms with Gasteiger partial charge in [0.25, 0.3) is 0 Å². The first-order valence-electron chi connectivity index (χ1n) is 9.10. The highest BCUT2D eigenvalue weighted by Crippen LogP contribution is 2.27. The number of hydrogen-bond acceptors (Lipinski definition) is 3. The van der Waals surface area contributed by atoms with Crippen LogP contribution in [0.4, 0.5) is 8.78 Å². The van der Waals surface area contributed by atoms with E-state index in [-0.39, 0.29) is 11.8 Å². The highest BCUT2D eigenvalue weighted by Gasteiger charge is 2.30. The first-order valence-corrected chi connectivity index (χ1v) is 9.98. The summed E-state index contributed by atoms with van der Waals surface area (Å²) in [6.45, 7) is 3.79. The van der Waals surface area contributed by atoms with Gasteiger partial charge in [0.15, 0.2) is 11.6 Å². The third-order valence-electron chi connectivity index (χ3n) is 5.45. The van der Waals surface area contributed by atoms with Gasteiger partial charge in [-0.25, -0.2) is 8.78 Å². The molecule has 1 amide bonds. The fourth-order valence-corrected chi connectivity index (χ4v) is 4.82. The van der Waals surface area contributed by atoms with E-state index in [9.17, 15) is 13.6 Å². The molecule has 2 aromatic rings. The number of amides is 1. The largest absolute Gasteiger partial charge is 0.338 e. The van der Waals surface area contributed by atoms with Gasteiger partial charge < -0.3 is 4.90 Å². The van der Waals surface area contributed by atoms with Gasteiger partial charge in [0, 0.05) is 30.4 Å². The molecule has 3 heterocycles. The molecular weight excluding hydrogens is 354 g/mol. The zero-order chi connectivity index (χ0) is 18.1. The van der Waals surface area contributed by atoms with Crippen LogP contribution in [0, 0.1) is 17.6 Å². The van der Waals surface area contributed by atoms with Crippen LogP contribution in [0.15, 0.2) is 29.6 Å². The smallest absolute Gasteiger partial charge is 0.226 e. The van der Waals surface area contributed by atoms with Gasteiger partial charge in [-0.15, -0.1) is 11.3 Å². The molecule has 0 unspecified atom stereocenters. The number of carbonyl (C=O) groups excluding carboxylic acids is 1. The second-order valence-electron chi connectivity index (χ2n) is 7.18. The molecule has 0 saturated carbocycles. The maximum atomic E-state index is 13.3. The number of piperidine rings is 1. The van der Waals surface area contributed by atoms with Crippen molar-refractivity contribution in [3.63, 3.8) is 0 Å². The zero-order valence-corrected chi connectivity index (χ0v) is 15.4. The number of hydrogen-bond donors (Lipinski definition) is 0. The lowest BCUT2D eigenvalue weighted by molar-refractivity contribution is -0.138. The number of likely N-dealkylation sites (tertiary alicyclic amines) is 1. The number of rotatable bonds is 3. The van der Waals surface area contributed by atoms with E-state index in [0.717, 1.165) is 51.0 Å². The Hall–Kier alpha value is -1.79. The Kier molecular flexibility index (Phi) is 5.05. The molecule has 138 valence electrons. The average Bonchev–Trinajstić information content (AvgIpc) is 3.12. The molecule has 1 fully saturated rings. The van der Waals surface area contributed by atoms with Crippen LogP contribution in [0.5, 0.6) is 0 Å². The third-order valence-corrected chi connectivity index (χ3v) is 6.47. The summed E-state index contributed by atoms with van der Waals surface area (Å²) in [6.07, 6.45) is 2.62. The summed E-state index contributed by atoms with van der Waals surface area (Å²) < 4.78 is 26.4. The predicted molar refractivity (Wildman–Crippen MR) is 97.8 cm³/mol. The Bertz CT molecular complexity index is 799. The van der Waals surface area contributed by atoms with Gasteiger partial charge in [-0.3, -0.25) is 9.69 Å². The number of halogens is 2. The number of fused-ring (bicyclic) bond motifs is 1. The van der Waals surface area contributed by atoms with Crippen molar-refractivity contribution in [2.24, 2.45) is 5.92 Å². The van der Waals surface area contributed by atoms with Crippen LogP contribution >= 0.6 is 11.3 Å². The van der Waals surface area contributed by atoms with Crippen molar-refractivity contribution >= 4 is 17.2 Å². The molecule has 1 aromatic carbocycles. The summed E-state index contributed by atoms with van der Waals surface area (Å²) in [5.41, 5.74) is 2.07. The molecule has 6 heteroatoms. The second kappa shape index (κ2) is 7.45. The summed E-state index contributed by atoms with van der Waals surface area (Å²) in [4.78, 5) is 18.5. The summed E-state index contributed by atoms with van der Waals surface area (Å²) in [5.74, 6) is -1.26. The Morgan fingerprint density at radius 2 is 1.92 bits per heavy atom. The number of carbonyl (C=O) groups is 1. The van der Waals surface area contributed by atoms with E-state index in [1.807, 2.05) is 4.90 Å². The number of nitrogens with zero attached hydrogens (tertiary/aromatic N) is 2. The Balaban J connectivity index is 1.30. The van der Waals surface area contributed by atoms with E-state index >= 15 is 0 Å². The van der Waals surface area contributed by atoms with Crippen molar-refractivity contribution in [2.45, 2.75) is 32.4 Å². The topological polar surface area (TPSA) is 23.6 Å². The molecule has 4 rings (SSSR count). The van der Waals surface area contributed by atoms with Crippen LogP contribution < -0.4 is 0 Å². The first-order chi connectivity index (χ1) is 12.6. The van der Waals surface area contributed by atoms with Gasteiger partial charge in [0.05, 0.1) is 0 Å². The van der Waals surface area contributed by atoms with Crippen LogP contribution in [0.25, 0.3) is 0 Å². The SMILES string of the molecule is O=C(C1CCN(Cc2ccc(F)c(F)c2)CC1)N1CCc2sccc2C1. The van der Waals surface area contributed by atoms with Crippen LogP contribution in [0.1, 0.15) is 28.8 Å². The normalized spacial score (nSPS) is 18.8. The van der Waals surface area contributed by atoms with Gasteiger partial charge in [-0.1, -0.05) is 6.07 Å². The summed E-state index contributed by atoms with van der Waals surface area (Å²) >= 11 is 1.78. The molecule has 1 saturated heterocycles. The maximum Gasteiger partial charge on any atom is 0.226 e. The van der Waals surface area contributed by atoms with Crippen LogP contribution in [0.2, 0.25) is 0 Å². The molecule has 26 heavy (non-hydrogen) atoms. The van der Waals surface area contributed by atoms with Crippen molar-refractivity contribution in [3.8, 4) is 0 Å². The molecule has 2 aliphatic rings. The monoisotopic (exact) mass is 376 g/mol. The number of benzene rings is 1. The standard InChI is InChI=1S/C20H22F2N2OS/c21-17-2-1-14(11-18(17)22)12-23-7-3-15(4-8-23)20(25)24-9-5-19-16(13-24)6-10-26-19/h1-2,6,10-11,15H,3-5,7-9,12-13H2. The maximum absolute atomic E-state index is 13.3. The lowest BCUT2D eigenvalue weighted by Gasteiger charge is -2.35. The van der Waals surface area contributed by atoms with Crippen molar-refractivity contribution in [2.75, 3.05) is 19.6 Å². The lowest BCUT2D eigenvalue weighted by Crippen LogP contribution is -2.43. The minimum atomic E-state index is -0.812. The second-order valence-corrected chi connectivity index (χ2v) is 8.18. The van der Waals surface area contributed by atoms with E-state index < -0.39 is 11.6 Å². The van der Waals surface area contributed by atoms with Gasteiger partial charge in [-0.05, 0) is 67.1 Å². The minimum absolute atomic E-state index is 0.0800. The lowest BCUT2D eigenvalue weighted by atomic mass is 9.94. The summed E-state index contributed by atoms with van der Waals surface area (Å²) in [7, 11) is 0. The molecule has 0 atom stereocenters. The van der Waals surface area contributed by atoms with Crippen LogP contribution in [-0.4, -0.2) is 35.3 Å². The van der Waals surface area contributed by atoms with Crippen LogP contribution in [0.3, 0.4) is 0 Å². The quantitative estimate of drug-likeness (QED) is 0.813. The molecule has 0 N–H and O–H groups in total. The van der Waals surface area contributed by atoms with Crippen molar-refractivity contribution in [3.05, 3.63) is 57.3 Å². The Labute approximate surface area is 156 Å². The van der Waals surface area contributed by atoms with Crippen molar-refractivity contribution in [1.29, 1.82) is 0 Å². The van der Waals surface area contributed by atoms with Gasteiger partial charge >= 0.3 is 0 Å². The number of thiophene rings is 1. The van der Waals surface area contributed by atoms with Gasteiger partial charge in [0.2, 0.25) is 5.91 Å². The zero-order valence-electron chi connectivity index (χ0n) is 14.6. The van der Waals surface area contributed by atoms with Crippen LogP contribution in [-0.2, 0) is 24.3 Å². The van der Waals surface area contributed by atoms with Crippen molar-refractivity contribution < 1.29 is 13.6 Å². The molecule has 0 spiro atoms. The molecule has 0 bridgehead atoms. The van der Waals surface area contributed by atoms with Gasteiger partial charge in [-0.2, -0.15) is 0 Å². The molecule has 3 nitrogen and oxygen atoms in total. The summed E-state index contributed by atoms with van der Waals surface area (Å²) in [6, 6.07) is 6.19. The Morgan fingerprint density at radius 1 is 1.12 bits per heavy atom. The van der Waals surface area contributed by atoms with E-state index in [1.54, 1.807) is 17.4 Å². The predicted octanol–water partition coefficient (Wildman–Crippen LogP) is 3.82. The van der Waals surface area contributed by atoms with E-state index in [1.165, 1.54) is 22.6 Å². The average molecular weight is 376 g/mol. The summed E-state index contributed by atoms with van der Waals surface area (Å²) in [5, 5.41) is 2.11. The molecule has 0 aliphatic carbocycles. The highest BCUT2D eigenvalue weighted by molar-refractivity contribution is 7.10. The minimum Gasteiger partial charge on any atom is -0.338 e. The molecule has 1 aromatic heterocycles. The Morgan fingerprint density at radius 3 is 2.69 bits per heavy atom. The third kappa shape index (κ3) is 3.67. The molecule has 2 aliphatic heterocycles. The molecular formula is C20H22F2N2OS. The van der Waals surface area contributed by atoms with E-state index in [4.69, 9.17) is 0 Å². The fourth-order valence-electron chi connectivity index (χ4n) is 3.93. The molecule has 0 radical (unpaired) electrons. The first kappa shape index (κ1) is 17.6.